The van der Waals surface area contributed by atoms with E-state index in [2.05, 4.69) is 56.6 Å². The number of amides is 1. The Morgan fingerprint density at radius 2 is 1.76 bits per heavy atom. The van der Waals surface area contributed by atoms with E-state index in [1.165, 1.54) is 17.1 Å². The summed E-state index contributed by atoms with van der Waals surface area (Å²) in [5.41, 5.74) is 4.98. The summed E-state index contributed by atoms with van der Waals surface area (Å²) in [5, 5.41) is 5.74. The van der Waals surface area contributed by atoms with Crippen LogP contribution in [0, 0.1) is 13.8 Å². The highest BCUT2D eigenvalue weighted by molar-refractivity contribution is 9.10. The van der Waals surface area contributed by atoms with Crippen LogP contribution in [0.3, 0.4) is 0 Å². The van der Waals surface area contributed by atoms with Crippen LogP contribution in [0.2, 0.25) is 0 Å². The van der Waals surface area contributed by atoms with Crippen LogP contribution in [0.15, 0.2) is 87.2 Å². The molecule has 1 saturated heterocycles. The lowest BCUT2D eigenvalue weighted by Crippen LogP contribution is -2.19. The molecular formula is C30H25BrN2O3S. The monoisotopic (exact) mass is 572 g/mol. The Hall–Kier alpha value is -3.55. The summed E-state index contributed by atoms with van der Waals surface area (Å²) in [6.45, 7) is 4.46. The first kappa shape index (κ1) is 25.1. The Balaban J connectivity index is 1.37. The van der Waals surface area contributed by atoms with Crippen molar-refractivity contribution in [2.24, 2.45) is 4.99 Å². The maximum atomic E-state index is 12.6. The van der Waals surface area contributed by atoms with Gasteiger partial charge in [-0.25, -0.2) is 4.99 Å². The minimum absolute atomic E-state index is 0.181. The minimum atomic E-state index is -0.181. The maximum absolute atomic E-state index is 12.6. The smallest absolute Gasteiger partial charge is 0.264 e. The first-order valence-corrected chi connectivity index (χ1v) is 13.4. The molecule has 0 radical (unpaired) electrons. The van der Waals surface area contributed by atoms with Gasteiger partial charge in [-0.1, -0.05) is 48.5 Å². The van der Waals surface area contributed by atoms with Crippen molar-refractivity contribution in [2.75, 3.05) is 7.11 Å². The number of nitrogens with one attached hydrogen (secondary N) is 1. The van der Waals surface area contributed by atoms with E-state index in [1.54, 1.807) is 7.11 Å². The third-order valence-corrected chi connectivity index (χ3v) is 7.39. The summed E-state index contributed by atoms with van der Waals surface area (Å²) in [7, 11) is 1.61. The highest BCUT2D eigenvalue weighted by atomic mass is 79.9. The minimum Gasteiger partial charge on any atom is -0.493 e. The number of amidine groups is 1. The molecule has 4 aromatic carbocycles. The summed E-state index contributed by atoms with van der Waals surface area (Å²) < 4.78 is 12.6. The lowest BCUT2D eigenvalue weighted by Gasteiger charge is -2.15. The fourth-order valence-electron chi connectivity index (χ4n) is 4.30. The molecule has 1 heterocycles. The number of nitrogens with zero attached hydrogens (tertiary/aromatic N) is 1. The zero-order valence-electron chi connectivity index (χ0n) is 20.7. The summed E-state index contributed by atoms with van der Waals surface area (Å²) in [6.07, 6.45) is 1.83. The molecule has 1 fully saturated rings. The van der Waals surface area contributed by atoms with E-state index in [1.807, 2.05) is 62.4 Å². The predicted octanol–water partition coefficient (Wildman–Crippen LogP) is 7.70. The number of thioether (sulfide) groups is 1. The van der Waals surface area contributed by atoms with E-state index < -0.39 is 0 Å². The fraction of sp³-hybridized carbons (Fsp3) is 0.133. The first-order chi connectivity index (χ1) is 17.9. The van der Waals surface area contributed by atoms with Crippen molar-refractivity contribution in [1.29, 1.82) is 0 Å². The Morgan fingerprint density at radius 3 is 2.54 bits per heavy atom. The number of rotatable bonds is 6. The highest BCUT2D eigenvalue weighted by Gasteiger charge is 2.24. The van der Waals surface area contributed by atoms with Crippen LogP contribution in [-0.4, -0.2) is 18.2 Å². The number of ether oxygens (including phenoxy) is 2. The van der Waals surface area contributed by atoms with E-state index in [4.69, 9.17) is 9.47 Å². The number of aryl methyl sites for hydroxylation is 2. The number of hydrogen-bond donors (Lipinski definition) is 1. The second-order valence-electron chi connectivity index (χ2n) is 8.79. The molecule has 0 atom stereocenters. The van der Waals surface area contributed by atoms with Gasteiger partial charge in [-0.15, -0.1) is 0 Å². The van der Waals surface area contributed by atoms with Crippen molar-refractivity contribution in [3.05, 3.63) is 104 Å². The quantitative estimate of drug-likeness (QED) is 0.240. The SMILES string of the molecule is COc1cc(/C=C2/SC(=Nc3cc(C)cc(C)c3)NC2=O)cc(Br)c1OCc1cccc2ccccc12. The molecule has 0 bridgehead atoms. The molecule has 5 nitrogen and oxygen atoms in total. The molecular weight excluding hydrogens is 548 g/mol. The van der Waals surface area contributed by atoms with E-state index in [0.717, 1.165) is 37.8 Å². The average molecular weight is 574 g/mol. The Bertz CT molecular complexity index is 1550. The molecule has 0 aliphatic carbocycles. The van der Waals surface area contributed by atoms with Gasteiger partial charge in [0.15, 0.2) is 16.7 Å². The molecule has 0 spiro atoms. The number of methoxy groups -OCH3 is 1. The molecule has 7 heteroatoms. The van der Waals surface area contributed by atoms with Gasteiger partial charge >= 0.3 is 0 Å². The second kappa shape index (κ2) is 10.8. The summed E-state index contributed by atoms with van der Waals surface area (Å²) in [6, 6.07) is 24.3. The lowest BCUT2D eigenvalue weighted by molar-refractivity contribution is -0.115. The number of aliphatic imine (C=N–C) groups is 1. The highest BCUT2D eigenvalue weighted by Crippen LogP contribution is 2.39. The molecule has 186 valence electrons. The molecule has 4 aromatic rings. The summed E-state index contributed by atoms with van der Waals surface area (Å²) >= 11 is 4.95. The first-order valence-electron chi connectivity index (χ1n) is 11.7. The van der Waals surface area contributed by atoms with Gasteiger partial charge in [0.2, 0.25) is 0 Å². The molecule has 0 aromatic heterocycles. The van der Waals surface area contributed by atoms with Crippen molar-refractivity contribution >= 4 is 61.3 Å². The Labute approximate surface area is 228 Å². The largest absolute Gasteiger partial charge is 0.493 e. The topological polar surface area (TPSA) is 59.9 Å². The van der Waals surface area contributed by atoms with Crippen LogP contribution in [0.25, 0.3) is 16.8 Å². The van der Waals surface area contributed by atoms with Gasteiger partial charge in [-0.05, 0) is 105 Å². The summed E-state index contributed by atoms with van der Waals surface area (Å²) in [5.74, 6) is 1.01. The number of halogens is 1. The molecule has 1 aliphatic rings. The van der Waals surface area contributed by atoms with Gasteiger partial charge < -0.3 is 14.8 Å². The Morgan fingerprint density at radius 1 is 1.00 bits per heavy atom. The van der Waals surface area contributed by atoms with Gasteiger partial charge in [-0.2, -0.15) is 0 Å². The van der Waals surface area contributed by atoms with Crippen LogP contribution >= 0.6 is 27.7 Å². The van der Waals surface area contributed by atoms with Gasteiger partial charge in [0.25, 0.3) is 5.91 Å². The van der Waals surface area contributed by atoms with Crippen molar-refractivity contribution in [2.45, 2.75) is 20.5 Å². The molecule has 37 heavy (non-hydrogen) atoms. The van der Waals surface area contributed by atoms with E-state index in [0.29, 0.717) is 28.2 Å². The lowest BCUT2D eigenvalue weighted by atomic mass is 10.1. The van der Waals surface area contributed by atoms with Crippen LogP contribution in [-0.2, 0) is 11.4 Å². The van der Waals surface area contributed by atoms with Gasteiger partial charge in [0, 0.05) is 0 Å². The van der Waals surface area contributed by atoms with Crippen molar-refractivity contribution in [1.82, 2.24) is 5.32 Å². The molecule has 1 amide bonds. The molecule has 1 aliphatic heterocycles. The van der Waals surface area contributed by atoms with E-state index in [9.17, 15) is 4.79 Å². The van der Waals surface area contributed by atoms with Gasteiger partial charge in [-0.3, -0.25) is 4.79 Å². The number of carbonyl (C=O) groups excluding carboxylic acids is 1. The molecule has 5 rings (SSSR count). The molecule has 0 saturated carbocycles. The second-order valence-corrected chi connectivity index (χ2v) is 10.7. The maximum Gasteiger partial charge on any atom is 0.264 e. The van der Waals surface area contributed by atoms with Crippen LogP contribution < -0.4 is 14.8 Å². The molecule has 0 unspecified atom stereocenters. The number of carbonyl (C=O) groups is 1. The van der Waals surface area contributed by atoms with Gasteiger partial charge in [0.1, 0.15) is 6.61 Å². The van der Waals surface area contributed by atoms with Crippen molar-refractivity contribution in [3.8, 4) is 11.5 Å². The molecule has 1 N–H and O–H groups in total. The van der Waals surface area contributed by atoms with E-state index >= 15 is 0 Å². The van der Waals surface area contributed by atoms with Crippen LogP contribution in [0.4, 0.5) is 5.69 Å². The number of fused-ring (bicyclic) bond motifs is 1. The zero-order chi connectivity index (χ0) is 25.9. The number of benzene rings is 4. The normalized spacial score (nSPS) is 15.4. The average Bonchev–Trinajstić information content (AvgIpc) is 3.20. The standard InChI is InChI=1S/C30H25BrN2O3S/c1-18-11-19(2)13-23(12-18)32-30-33-29(34)27(37-30)16-20-14-25(31)28(26(15-20)35-3)36-17-22-9-6-8-21-7-4-5-10-24(21)22/h4-16H,17H2,1-3H3,(H,32,33,34)/b27-16+. The third kappa shape index (κ3) is 5.73. The predicted molar refractivity (Wildman–Crippen MR) is 156 cm³/mol. The fourth-order valence-corrected chi connectivity index (χ4v) is 5.71. The van der Waals surface area contributed by atoms with Gasteiger partial charge in [0.05, 0.1) is 22.2 Å². The van der Waals surface area contributed by atoms with Crippen molar-refractivity contribution < 1.29 is 14.3 Å². The third-order valence-electron chi connectivity index (χ3n) is 5.89. The van der Waals surface area contributed by atoms with Crippen LogP contribution in [0.1, 0.15) is 22.3 Å². The Kier molecular flexibility index (Phi) is 7.35. The number of hydrogen-bond acceptors (Lipinski definition) is 5. The summed E-state index contributed by atoms with van der Waals surface area (Å²) in [4.78, 5) is 17.8. The zero-order valence-corrected chi connectivity index (χ0v) is 23.1. The van der Waals surface area contributed by atoms with Crippen LogP contribution in [0.5, 0.6) is 11.5 Å². The van der Waals surface area contributed by atoms with E-state index in [-0.39, 0.29) is 5.91 Å². The van der Waals surface area contributed by atoms with Crippen molar-refractivity contribution in [3.63, 3.8) is 0 Å².